The monoisotopic (exact) mass is 333 g/mol. The van der Waals surface area contributed by atoms with Gasteiger partial charge in [0.2, 0.25) is 0 Å². The second-order valence-electron chi connectivity index (χ2n) is 9.79. The van der Waals surface area contributed by atoms with Crippen molar-refractivity contribution >= 4 is 6.09 Å². The van der Waals surface area contributed by atoms with Crippen LogP contribution in [0.15, 0.2) is 0 Å². The van der Waals surface area contributed by atoms with Crippen LogP contribution in [0, 0.1) is 29.1 Å². The van der Waals surface area contributed by atoms with Gasteiger partial charge in [0.15, 0.2) is 0 Å². The topological polar surface area (TPSA) is 49.8 Å². The molecule has 1 aliphatic heterocycles. The molecule has 5 aliphatic carbocycles. The Balaban J connectivity index is 1.24. The van der Waals surface area contributed by atoms with E-state index in [0.29, 0.717) is 11.3 Å². The van der Waals surface area contributed by atoms with Gasteiger partial charge in [-0.1, -0.05) is 0 Å². The van der Waals surface area contributed by atoms with E-state index in [1.807, 2.05) is 4.90 Å². The molecule has 1 saturated heterocycles. The van der Waals surface area contributed by atoms with Gasteiger partial charge in [-0.25, -0.2) is 4.79 Å². The first kappa shape index (κ1) is 15.5. The molecule has 5 saturated carbocycles. The molecule has 4 heteroatoms. The number of carbonyl (C=O) groups is 1. The fourth-order valence-corrected chi connectivity index (χ4v) is 7.27. The van der Waals surface area contributed by atoms with Crippen molar-refractivity contribution in [1.82, 2.24) is 4.90 Å². The zero-order chi connectivity index (χ0) is 16.3. The Morgan fingerprint density at radius 2 is 1.58 bits per heavy atom. The average molecular weight is 333 g/mol. The maximum absolute atomic E-state index is 12.5. The van der Waals surface area contributed by atoms with Gasteiger partial charge in [-0.15, -0.1) is 0 Å². The first-order valence-corrected chi connectivity index (χ1v) is 10.2. The number of aliphatic hydroxyl groups excluding tert-OH is 1. The number of aliphatic hydroxyl groups is 1. The molecule has 0 aromatic heterocycles. The summed E-state index contributed by atoms with van der Waals surface area (Å²) in [6.45, 7) is 1.74. The van der Waals surface area contributed by atoms with E-state index in [0.717, 1.165) is 56.5 Å². The molecular formula is C20H31NO3. The third-order valence-electron chi connectivity index (χ3n) is 7.87. The number of nitrogens with zero attached hydrogens (tertiary/aromatic N) is 1. The first-order chi connectivity index (χ1) is 11.6. The third-order valence-corrected chi connectivity index (χ3v) is 7.87. The standard InChI is InChI=1S/C20H31NO3/c22-17-3-1-16(2-4-17)18-11-21(19(23)24-18)12-20-8-13-5-14(9-20)7-15(6-13)10-20/h13-18,22H,1-12H2/t13?,14?,15?,16-,17+,18?,20?. The minimum atomic E-state index is -0.138. The molecule has 6 fully saturated rings. The number of ether oxygens (including phenoxy) is 1. The Bertz CT molecular complexity index is 476. The van der Waals surface area contributed by atoms with Crippen LogP contribution >= 0.6 is 0 Å². The van der Waals surface area contributed by atoms with Crippen molar-refractivity contribution in [1.29, 1.82) is 0 Å². The molecule has 0 aromatic carbocycles. The van der Waals surface area contributed by atoms with Crippen molar-refractivity contribution in [3.63, 3.8) is 0 Å². The molecule has 1 unspecified atom stereocenters. The number of rotatable bonds is 3. The highest BCUT2D eigenvalue weighted by atomic mass is 16.6. The van der Waals surface area contributed by atoms with E-state index in [4.69, 9.17) is 4.74 Å². The summed E-state index contributed by atoms with van der Waals surface area (Å²) < 4.78 is 5.77. The minimum absolute atomic E-state index is 0.0677. The Labute approximate surface area is 144 Å². The average Bonchev–Trinajstić information content (AvgIpc) is 2.87. The summed E-state index contributed by atoms with van der Waals surface area (Å²) in [7, 11) is 0. The van der Waals surface area contributed by atoms with Crippen molar-refractivity contribution in [2.45, 2.75) is 76.4 Å². The van der Waals surface area contributed by atoms with E-state index < -0.39 is 0 Å². The molecule has 1 atom stereocenters. The summed E-state index contributed by atoms with van der Waals surface area (Å²) >= 11 is 0. The van der Waals surface area contributed by atoms with E-state index in [1.165, 1.54) is 38.5 Å². The number of hydrogen-bond donors (Lipinski definition) is 1. The van der Waals surface area contributed by atoms with E-state index >= 15 is 0 Å². The minimum Gasteiger partial charge on any atom is -0.444 e. The van der Waals surface area contributed by atoms with Crippen LogP contribution in [0.5, 0.6) is 0 Å². The molecule has 6 aliphatic rings. The summed E-state index contributed by atoms with van der Waals surface area (Å²) in [6.07, 6.45) is 12.0. The maximum Gasteiger partial charge on any atom is 0.410 e. The molecule has 0 aromatic rings. The van der Waals surface area contributed by atoms with Gasteiger partial charge in [0.1, 0.15) is 6.10 Å². The summed E-state index contributed by atoms with van der Waals surface area (Å²) in [5, 5.41) is 9.70. The smallest absolute Gasteiger partial charge is 0.410 e. The Kier molecular flexibility index (Phi) is 3.62. The zero-order valence-corrected chi connectivity index (χ0v) is 14.7. The van der Waals surface area contributed by atoms with Crippen molar-refractivity contribution < 1.29 is 14.6 Å². The lowest BCUT2D eigenvalue weighted by Crippen LogP contribution is -2.51. The molecular weight excluding hydrogens is 302 g/mol. The highest BCUT2D eigenvalue weighted by Crippen LogP contribution is 2.60. The Hall–Kier alpha value is -0.770. The highest BCUT2D eigenvalue weighted by molar-refractivity contribution is 5.70. The second-order valence-corrected chi connectivity index (χ2v) is 9.79. The molecule has 4 nitrogen and oxygen atoms in total. The van der Waals surface area contributed by atoms with Gasteiger partial charge >= 0.3 is 6.09 Å². The van der Waals surface area contributed by atoms with Crippen molar-refractivity contribution in [3.8, 4) is 0 Å². The van der Waals surface area contributed by atoms with E-state index in [2.05, 4.69) is 0 Å². The van der Waals surface area contributed by atoms with Gasteiger partial charge in [-0.05, 0) is 93.3 Å². The fraction of sp³-hybridized carbons (Fsp3) is 0.950. The number of carbonyl (C=O) groups excluding carboxylic acids is 1. The van der Waals surface area contributed by atoms with Gasteiger partial charge in [0.05, 0.1) is 12.6 Å². The SMILES string of the molecule is O=C1OC([C@H]2CC[C@@H](O)CC2)CN1CC12CC3CC(CC(C3)C1)C2. The largest absolute Gasteiger partial charge is 0.444 e. The Morgan fingerprint density at radius 3 is 2.17 bits per heavy atom. The quantitative estimate of drug-likeness (QED) is 0.859. The zero-order valence-electron chi connectivity index (χ0n) is 14.7. The van der Waals surface area contributed by atoms with Crippen LogP contribution in [0.1, 0.15) is 64.2 Å². The summed E-state index contributed by atoms with van der Waals surface area (Å²) in [5.74, 6) is 3.26. The number of hydrogen-bond acceptors (Lipinski definition) is 3. The number of cyclic esters (lactones) is 1. The van der Waals surface area contributed by atoms with Crippen LogP contribution in [0.2, 0.25) is 0 Å². The molecule has 0 spiro atoms. The maximum atomic E-state index is 12.5. The first-order valence-electron chi connectivity index (χ1n) is 10.2. The summed E-state index contributed by atoms with van der Waals surface area (Å²) in [4.78, 5) is 14.5. The van der Waals surface area contributed by atoms with Crippen LogP contribution in [-0.4, -0.2) is 41.4 Å². The predicted molar refractivity (Wildman–Crippen MR) is 90.4 cm³/mol. The lowest BCUT2D eigenvalue weighted by molar-refractivity contribution is -0.0628. The molecule has 1 amide bonds. The van der Waals surface area contributed by atoms with Crippen LogP contribution in [0.4, 0.5) is 4.79 Å². The molecule has 6 rings (SSSR count). The van der Waals surface area contributed by atoms with Gasteiger partial charge in [0.25, 0.3) is 0 Å². The molecule has 1 heterocycles. The Morgan fingerprint density at radius 1 is 1.00 bits per heavy atom. The normalized spacial score (nSPS) is 50.4. The van der Waals surface area contributed by atoms with Gasteiger partial charge in [0, 0.05) is 6.54 Å². The van der Waals surface area contributed by atoms with Gasteiger partial charge < -0.3 is 14.7 Å². The van der Waals surface area contributed by atoms with E-state index in [9.17, 15) is 9.90 Å². The molecule has 24 heavy (non-hydrogen) atoms. The van der Waals surface area contributed by atoms with Gasteiger partial charge in [-0.2, -0.15) is 0 Å². The summed E-state index contributed by atoms with van der Waals surface area (Å²) in [6, 6.07) is 0. The van der Waals surface area contributed by atoms with Crippen LogP contribution in [0.3, 0.4) is 0 Å². The number of amides is 1. The molecule has 134 valence electrons. The molecule has 4 bridgehead atoms. The summed E-state index contributed by atoms with van der Waals surface area (Å²) in [5.41, 5.74) is 0.408. The third kappa shape index (κ3) is 2.65. The van der Waals surface area contributed by atoms with Crippen LogP contribution in [0.25, 0.3) is 0 Å². The highest BCUT2D eigenvalue weighted by Gasteiger charge is 2.52. The van der Waals surface area contributed by atoms with E-state index in [-0.39, 0.29) is 18.3 Å². The fourth-order valence-electron chi connectivity index (χ4n) is 7.27. The van der Waals surface area contributed by atoms with E-state index in [1.54, 1.807) is 0 Å². The van der Waals surface area contributed by atoms with Crippen LogP contribution in [-0.2, 0) is 4.74 Å². The predicted octanol–water partition coefficient (Wildman–Crippen LogP) is 3.57. The molecule has 0 radical (unpaired) electrons. The molecule has 1 N–H and O–H groups in total. The second kappa shape index (κ2) is 5.62. The van der Waals surface area contributed by atoms with Gasteiger partial charge in [-0.3, -0.25) is 0 Å². The van der Waals surface area contributed by atoms with Crippen LogP contribution < -0.4 is 0 Å². The van der Waals surface area contributed by atoms with Crippen molar-refractivity contribution in [3.05, 3.63) is 0 Å². The lowest BCUT2D eigenvalue weighted by atomic mass is 9.49. The lowest BCUT2D eigenvalue weighted by Gasteiger charge is -2.57. The van der Waals surface area contributed by atoms with Crippen molar-refractivity contribution in [2.75, 3.05) is 13.1 Å². The van der Waals surface area contributed by atoms with Crippen molar-refractivity contribution in [2.24, 2.45) is 29.1 Å².